The fraction of sp³-hybridized carbons (Fsp3) is 0.600. The van der Waals surface area contributed by atoms with Crippen LogP contribution < -0.4 is 16.4 Å². The maximum atomic E-state index is 11.9. The van der Waals surface area contributed by atoms with Crippen molar-refractivity contribution < 1.29 is 9.59 Å². The Morgan fingerprint density at radius 3 is 2.86 bits per heavy atom. The van der Waals surface area contributed by atoms with Gasteiger partial charge in [-0.05, 0) is 43.2 Å². The summed E-state index contributed by atoms with van der Waals surface area (Å²) in [6.45, 7) is 1.16. The maximum Gasteiger partial charge on any atom is 0.252 e. The molecule has 1 aliphatic carbocycles. The second-order valence-electron chi connectivity index (χ2n) is 5.47. The highest BCUT2D eigenvalue weighted by atomic mass is 35.5. The van der Waals surface area contributed by atoms with Crippen LogP contribution in [0.3, 0.4) is 0 Å². The molecule has 1 heterocycles. The van der Waals surface area contributed by atoms with Gasteiger partial charge in [-0.2, -0.15) is 11.3 Å². The molecule has 0 aliphatic heterocycles. The Morgan fingerprint density at radius 2 is 2.18 bits per heavy atom. The molecule has 2 unspecified atom stereocenters. The van der Waals surface area contributed by atoms with Gasteiger partial charge in [-0.1, -0.05) is 6.42 Å². The Balaban J connectivity index is 0.00000242. The van der Waals surface area contributed by atoms with E-state index >= 15 is 0 Å². The third-order valence-corrected chi connectivity index (χ3v) is 4.64. The van der Waals surface area contributed by atoms with E-state index in [1.807, 2.05) is 10.8 Å². The number of thiophene rings is 1. The SMILES string of the molecule is Cl.NCC1CCCC1NC(=O)CCCNC(=O)c1ccsc1. The van der Waals surface area contributed by atoms with Gasteiger partial charge in [0.2, 0.25) is 5.91 Å². The van der Waals surface area contributed by atoms with E-state index in [1.54, 1.807) is 6.07 Å². The molecular weight excluding hydrogens is 322 g/mol. The van der Waals surface area contributed by atoms with E-state index in [9.17, 15) is 9.59 Å². The zero-order chi connectivity index (χ0) is 15.1. The molecule has 0 radical (unpaired) electrons. The summed E-state index contributed by atoms with van der Waals surface area (Å²) in [7, 11) is 0. The largest absolute Gasteiger partial charge is 0.353 e. The highest BCUT2D eigenvalue weighted by Gasteiger charge is 2.26. The summed E-state index contributed by atoms with van der Waals surface area (Å²) in [5.74, 6) is 0.410. The van der Waals surface area contributed by atoms with Gasteiger partial charge in [0.05, 0.1) is 0 Å². The van der Waals surface area contributed by atoms with Crippen molar-refractivity contribution in [3.05, 3.63) is 22.4 Å². The predicted molar refractivity (Wildman–Crippen MR) is 91.5 cm³/mol. The molecule has 1 fully saturated rings. The van der Waals surface area contributed by atoms with E-state index in [-0.39, 0.29) is 30.3 Å². The van der Waals surface area contributed by atoms with Crippen LogP contribution in [0.1, 0.15) is 42.5 Å². The molecule has 2 rings (SSSR count). The van der Waals surface area contributed by atoms with Crippen molar-refractivity contribution in [3.8, 4) is 0 Å². The summed E-state index contributed by atoms with van der Waals surface area (Å²) in [5, 5.41) is 9.57. The Bertz CT molecular complexity index is 467. The van der Waals surface area contributed by atoms with Crippen LogP contribution in [0.25, 0.3) is 0 Å². The smallest absolute Gasteiger partial charge is 0.252 e. The summed E-state index contributed by atoms with van der Waals surface area (Å²) in [5.41, 5.74) is 6.38. The average Bonchev–Trinajstić information content (AvgIpc) is 3.14. The molecule has 0 spiro atoms. The number of nitrogens with one attached hydrogen (secondary N) is 2. The molecule has 2 amide bonds. The van der Waals surface area contributed by atoms with Crippen molar-refractivity contribution in [3.63, 3.8) is 0 Å². The first-order valence-electron chi connectivity index (χ1n) is 7.50. The number of hydrogen-bond donors (Lipinski definition) is 3. The molecule has 1 saturated carbocycles. The fourth-order valence-electron chi connectivity index (χ4n) is 2.73. The van der Waals surface area contributed by atoms with E-state index in [4.69, 9.17) is 5.73 Å². The van der Waals surface area contributed by atoms with Gasteiger partial charge in [0.15, 0.2) is 0 Å². The Labute approximate surface area is 141 Å². The molecule has 124 valence electrons. The number of amides is 2. The van der Waals surface area contributed by atoms with Gasteiger partial charge < -0.3 is 16.4 Å². The molecule has 0 saturated heterocycles. The van der Waals surface area contributed by atoms with Crippen molar-refractivity contribution in [1.29, 1.82) is 0 Å². The van der Waals surface area contributed by atoms with Gasteiger partial charge in [-0.15, -0.1) is 12.4 Å². The number of rotatable bonds is 7. The minimum absolute atomic E-state index is 0. The number of hydrogen-bond acceptors (Lipinski definition) is 4. The third kappa shape index (κ3) is 5.59. The van der Waals surface area contributed by atoms with Gasteiger partial charge in [0.1, 0.15) is 0 Å². The molecule has 2 atom stereocenters. The van der Waals surface area contributed by atoms with Crippen molar-refractivity contribution in [2.75, 3.05) is 13.1 Å². The van der Waals surface area contributed by atoms with Crippen molar-refractivity contribution in [2.24, 2.45) is 11.7 Å². The lowest BCUT2D eigenvalue weighted by molar-refractivity contribution is -0.122. The zero-order valence-corrected chi connectivity index (χ0v) is 14.2. The fourth-order valence-corrected chi connectivity index (χ4v) is 3.37. The van der Waals surface area contributed by atoms with Crippen molar-refractivity contribution in [1.82, 2.24) is 10.6 Å². The molecule has 1 aromatic heterocycles. The van der Waals surface area contributed by atoms with E-state index in [0.29, 0.717) is 37.4 Å². The van der Waals surface area contributed by atoms with Crippen LogP contribution in [0.5, 0.6) is 0 Å². The highest BCUT2D eigenvalue weighted by molar-refractivity contribution is 7.08. The highest BCUT2D eigenvalue weighted by Crippen LogP contribution is 2.24. The Morgan fingerprint density at radius 1 is 1.36 bits per heavy atom. The van der Waals surface area contributed by atoms with E-state index in [2.05, 4.69) is 10.6 Å². The molecule has 1 aliphatic rings. The van der Waals surface area contributed by atoms with E-state index in [0.717, 1.165) is 19.3 Å². The second kappa shape index (κ2) is 9.82. The lowest BCUT2D eigenvalue weighted by Crippen LogP contribution is -2.40. The van der Waals surface area contributed by atoms with Crippen LogP contribution in [-0.4, -0.2) is 30.9 Å². The summed E-state index contributed by atoms with van der Waals surface area (Å²) >= 11 is 1.50. The maximum absolute atomic E-state index is 11.9. The quantitative estimate of drug-likeness (QED) is 0.660. The molecule has 0 aromatic carbocycles. The Kier molecular flexibility index (Phi) is 8.45. The van der Waals surface area contributed by atoms with Gasteiger partial charge >= 0.3 is 0 Å². The minimum Gasteiger partial charge on any atom is -0.353 e. The molecule has 0 bridgehead atoms. The topological polar surface area (TPSA) is 84.2 Å². The summed E-state index contributed by atoms with van der Waals surface area (Å²) in [6.07, 6.45) is 4.38. The first kappa shape index (κ1) is 18.9. The summed E-state index contributed by atoms with van der Waals surface area (Å²) < 4.78 is 0. The zero-order valence-electron chi connectivity index (χ0n) is 12.5. The predicted octanol–water partition coefficient (Wildman–Crippen LogP) is 1.92. The van der Waals surface area contributed by atoms with Crippen LogP contribution in [0.4, 0.5) is 0 Å². The van der Waals surface area contributed by atoms with Crippen molar-refractivity contribution >= 4 is 35.6 Å². The molecule has 5 nitrogen and oxygen atoms in total. The lowest BCUT2D eigenvalue weighted by Gasteiger charge is -2.19. The average molecular weight is 346 g/mol. The first-order valence-corrected chi connectivity index (χ1v) is 8.45. The molecule has 22 heavy (non-hydrogen) atoms. The number of carbonyl (C=O) groups is 2. The van der Waals surface area contributed by atoms with Gasteiger partial charge in [-0.25, -0.2) is 0 Å². The summed E-state index contributed by atoms with van der Waals surface area (Å²) in [4.78, 5) is 23.6. The van der Waals surface area contributed by atoms with Crippen LogP contribution in [0.2, 0.25) is 0 Å². The minimum atomic E-state index is -0.0735. The first-order chi connectivity index (χ1) is 10.2. The number of carbonyl (C=O) groups excluding carboxylic acids is 2. The van der Waals surface area contributed by atoms with Crippen LogP contribution in [-0.2, 0) is 4.79 Å². The van der Waals surface area contributed by atoms with Gasteiger partial charge in [0, 0.05) is 30.0 Å². The van der Waals surface area contributed by atoms with Gasteiger partial charge in [-0.3, -0.25) is 9.59 Å². The monoisotopic (exact) mass is 345 g/mol. The standard InChI is InChI=1S/C15H23N3O2S.ClH/c16-9-11-3-1-4-13(11)18-14(19)5-2-7-17-15(20)12-6-8-21-10-12;/h6,8,10-11,13H,1-5,7,9,16H2,(H,17,20)(H,18,19);1H. The second-order valence-corrected chi connectivity index (χ2v) is 6.25. The van der Waals surface area contributed by atoms with Gasteiger partial charge in [0.25, 0.3) is 5.91 Å². The van der Waals surface area contributed by atoms with E-state index < -0.39 is 0 Å². The third-order valence-electron chi connectivity index (χ3n) is 3.96. The molecular formula is C15H24ClN3O2S. The van der Waals surface area contributed by atoms with Crippen LogP contribution >= 0.6 is 23.7 Å². The number of nitrogens with two attached hydrogens (primary N) is 1. The van der Waals surface area contributed by atoms with Crippen LogP contribution in [0, 0.1) is 5.92 Å². The van der Waals surface area contributed by atoms with Crippen LogP contribution in [0.15, 0.2) is 16.8 Å². The molecule has 4 N–H and O–H groups in total. The molecule has 7 heteroatoms. The number of halogens is 1. The summed E-state index contributed by atoms with van der Waals surface area (Å²) in [6, 6.07) is 2.03. The Hall–Kier alpha value is -1.11. The van der Waals surface area contributed by atoms with E-state index in [1.165, 1.54) is 11.3 Å². The van der Waals surface area contributed by atoms with Crippen molar-refractivity contribution in [2.45, 2.75) is 38.1 Å². The normalized spacial score (nSPS) is 20.2. The molecule has 1 aromatic rings. The lowest BCUT2D eigenvalue weighted by atomic mass is 10.0.